The van der Waals surface area contributed by atoms with E-state index in [0.717, 1.165) is 11.5 Å². The fourth-order valence-electron chi connectivity index (χ4n) is 1.74. The lowest BCUT2D eigenvalue weighted by Crippen LogP contribution is -2.35. The molecule has 0 fully saturated rings. The van der Waals surface area contributed by atoms with Crippen LogP contribution in [0.1, 0.15) is 23.7 Å². The summed E-state index contributed by atoms with van der Waals surface area (Å²) < 4.78 is 4.06. The Balaban J connectivity index is 1.82. The molecule has 2 rings (SSSR count). The summed E-state index contributed by atoms with van der Waals surface area (Å²) in [6.45, 7) is 1.79. The zero-order valence-electron chi connectivity index (χ0n) is 12.2. The predicted molar refractivity (Wildman–Crippen MR) is 88.3 cm³/mol. The smallest absolute Gasteiger partial charge is 0.251 e. The molecule has 1 aromatic heterocycles. The SMILES string of the molecule is CSc1nsc(NC(=O)C[C@H](C)NC(=O)c2ccccc2)n1. The first-order chi connectivity index (χ1) is 10.6. The predicted octanol–water partition coefficient (Wildman–Crippen LogP) is 2.41. The van der Waals surface area contributed by atoms with E-state index in [-0.39, 0.29) is 24.3 Å². The van der Waals surface area contributed by atoms with Gasteiger partial charge in [0.1, 0.15) is 0 Å². The molecule has 0 aliphatic rings. The van der Waals surface area contributed by atoms with Gasteiger partial charge in [0.25, 0.3) is 5.91 Å². The van der Waals surface area contributed by atoms with Gasteiger partial charge in [-0.2, -0.15) is 9.36 Å². The highest BCUT2D eigenvalue weighted by Gasteiger charge is 2.14. The van der Waals surface area contributed by atoms with Crippen LogP contribution in [0.15, 0.2) is 35.5 Å². The molecule has 1 atom stereocenters. The fourth-order valence-corrected chi connectivity index (χ4v) is 2.88. The molecule has 0 bridgehead atoms. The molecule has 6 nitrogen and oxygen atoms in total. The van der Waals surface area contributed by atoms with Crippen molar-refractivity contribution in [2.75, 3.05) is 11.6 Å². The molecule has 0 radical (unpaired) electrons. The van der Waals surface area contributed by atoms with Crippen molar-refractivity contribution >= 4 is 40.2 Å². The van der Waals surface area contributed by atoms with Crippen LogP contribution in [0, 0.1) is 0 Å². The maximum absolute atomic E-state index is 12.0. The van der Waals surface area contributed by atoms with E-state index in [0.29, 0.717) is 15.9 Å². The van der Waals surface area contributed by atoms with Gasteiger partial charge in [-0.3, -0.25) is 9.59 Å². The van der Waals surface area contributed by atoms with Crippen molar-refractivity contribution in [1.82, 2.24) is 14.7 Å². The van der Waals surface area contributed by atoms with Crippen molar-refractivity contribution in [2.45, 2.75) is 24.5 Å². The van der Waals surface area contributed by atoms with Crippen LogP contribution in [0.4, 0.5) is 5.13 Å². The van der Waals surface area contributed by atoms with Gasteiger partial charge in [-0.15, -0.1) is 0 Å². The topological polar surface area (TPSA) is 84.0 Å². The molecular weight excluding hydrogens is 320 g/mol. The van der Waals surface area contributed by atoms with Crippen LogP contribution in [-0.4, -0.2) is 33.5 Å². The molecule has 2 aromatic rings. The molecule has 8 heteroatoms. The van der Waals surface area contributed by atoms with Gasteiger partial charge in [0.2, 0.25) is 16.2 Å². The minimum absolute atomic E-state index is 0.173. The molecule has 2 N–H and O–H groups in total. The Kier molecular flexibility index (Phi) is 5.91. The van der Waals surface area contributed by atoms with E-state index in [1.165, 1.54) is 11.8 Å². The third-order valence-corrected chi connectivity index (χ3v) is 4.04. The number of carbonyl (C=O) groups is 2. The van der Waals surface area contributed by atoms with Gasteiger partial charge in [0.05, 0.1) is 0 Å². The van der Waals surface area contributed by atoms with E-state index in [1.54, 1.807) is 31.2 Å². The van der Waals surface area contributed by atoms with E-state index in [2.05, 4.69) is 20.0 Å². The minimum atomic E-state index is -0.277. The molecule has 1 aromatic carbocycles. The van der Waals surface area contributed by atoms with Crippen LogP contribution in [0.3, 0.4) is 0 Å². The molecule has 116 valence electrons. The average Bonchev–Trinajstić information content (AvgIpc) is 2.95. The Morgan fingerprint density at radius 2 is 2.05 bits per heavy atom. The van der Waals surface area contributed by atoms with Gasteiger partial charge >= 0.3 is 0 Å². The number of hydrogen-bond donors (Lipinski definition) is 2. The Bertz CT molecular complexity index is 645. The summed E-state index contributed by atoms with van der Waals surface area (Å²) in [5.74, 6) is -0.397. The van der Waals surface area contributed by atoms with Crippen molar-refractivity contribution < 1.29 is 9.59 Å². The first kappa shape index (κ1) is 16.4. The lowest BCUT2D eigenvalue weighted by atomic mass is 10.1. The van der Waals surface area contributed by atoms with Crippen molar-refractivity contribution in [1.29, 1.82) is 0 Å². The van der Waals surface area contributed by atoms with Crippen molar-refractivity contribution in [2.24, 2.45) is 0 Å². The first-order valence-corrected chi connectivity index (χ1v) is 8.61. The zero-order chi connectivity index (χ0) is 15.9. The number of benzene rings is 1. The van der Waals surface area contributed by atoms with Crippen LogP contribution in [0.2, 0.25) is 0 Å². The number of nitrogens with one attached hydrogen (secondary N) is 2. The van der Waals surface area contributed by atoms with E-state index in [9.17, 15) is 9.59 Å². The molecule has 0 unspecified atom stereocenters. The van der Waals surface area contributed by atoms with Gasteiger partial charge in [-0.25, -0.2) is 0 Å². The van der Waals surface area contributed by atoms with Crippen LogP contribution >= 0.6 is 23.3 Å². The van der Waals surface area contributed by atoms with E-state index < -0.39 is 0 Å². The summed E-state index contributed by atoms with van der Waals surface area (Å²) >= 11 is 2.56. The largest absolute Gasteiger partial charge is 0.349 e. The fraction of sp³-hybridized carbons (Fsp3) is 0.286. The molecule has 0 saturated carbocycles. The van der Waals surface area contributed by atoms with E-state index in [1.807, 2.05) is 12.3 Å². The van der Waals surface area contributed by atoms with Crippen LogP contribution in [-0.2, 0) is 4.79 Å². The second kappa shape index (κ2) is 7.90. The van der Waals surface area contributed by atoms with Gasteiger partial charge in [-0.05, 0) is 25.3 Å². The highest BCUT2D eigenvalue weighted by Crippen LogP contribution is 2.17. The molecular formula is C14H16N4O2S2. The summed E-state index contributed by atoms with van der Waals surface area (Å²) in [6, 6.07) is 8.62. The van der Waals surface area contributed by atoms with E-state index >= 15 is 0 Å². The third kappa shape index (κ3) is 4.81. The molecule has 0 aliphatic heterocycles. The third-order valence-electron chi connectivity index (χ3n) is 2.74. The van der Waals surface area contributed by atoms with Crippen molar-refractivity contribution in [3.8, 4) is 0 Å². The molecule has 1 heterocycles. The number of rotatable bonds is 6. The number of aromatic nitrogens is 2. The minimum Gasteiger partial charge on any atom is -0.349 e. The highest BCUT2D eigenvalue weighted by atomic mass is 32.2. The van der Waals surface area contributed by atoms with Crippen LogP contribution < -0.4 is 10.6 Å². The van der Waals surface area contributed by atoms with Crippen LogP contribution in [0.5, 0.6) is 0 Å². The quantitative estimate of drug-likeness (QED) is 0.792. The Morgan fingerprint density at radius 3 is 2.68 bits per heavy atom. The number of amides is 2. The van der Waals surface area contributed by atoms with Gasteiger partial charge in [0.15, 0.2) is 0 Å². The molecule has 0 spiro atoms. The number of nitrogens with zero attached hydrogens (tertiary/aromatic N) is 2. The summed E-state index contributed by atoms with van der Waals surface area (Å²) in [6.07, 6.45) is 2.04. The number of thioether (sulfide) groups is 1. The summed E-state index contributed by atoms with van der Waals surface area (Å²) in [5, 5.41) is 6.57. The molecule has 0 aliphatic carbocycles. The molecule has 22 heavy (non-hydrogen) atoms. The van der Waals surface area contributed by atoms with Gasteiger partial charge in [0, 0.05) is 29.6 Å². The average molecular weight is 336 g/mol. The normalized spacial score (nSPS) is 11.7. The second-order valence-corrected chi connectivity index (χ2v) is 6.10. The number of anilines is 1. The van der Waals surface area contributed by atoms with Crippen molar-refractivity contribution in [3.63, 3.8) is 0 Å². The Hall–Kier alpha value is -1.93. The Morgan fingerprint density at radius 1 is 1.32 bits per heavy atom. The van der Waals surface area contributed by atoms with E-state index in [4.69, 9.17) is 0 Å². The van der Waals surface area contributed by atoms with Gasteiger partial charge in [-0.1, -0.05) is 30.0 Å². The second-order valence-electron chi connectivity index (χ2n) is 4.58. The highest BCUT2D eigenvalue weighted by molar-refractivity contribution is 7.98. The maximum atomic E-state index is 12.0. The van der Waals surface area contributed by atoms with Crippen LogP contribution in [0.25, 0.3) is 0 Å². The lowest BCUT2D eigenvalue weighted by Gasteiger charge is -2.13. The molecule has 2 amide bonds. The number of carbonyl (C=O) groups excluding carboxylic acids is 2. The lowest BCUT2D eigenvalue weighted by molar-refractivity contribution is -0.116. The summed E-state index contributed by atoms with van der Waals surface area (Å²) in [4.78, 5) is 28.0. The zero-order valence-corrected chi connectivity index (χ0v) is 13.8. The molecule has 0 saturated heterocycles. The Labute approximate surface area is 136 Å². The van der Waals surface area contributed by atoms with Crippen molar-refractivity contribution in [3.05, 3.63) is 35.9 Å². The monoisotopic (exact) mass is 336 g/mol. The summed E-state index contributed by atoms with van der Waals surface area (Å²) in [5.41, 5.74) is 0.573. The maximum Gasteiger partial charge on any atom is 0.251 e. The first-order valence-electron chi connectivity index (χ1n) is 6.62. The standard InChI is InChI=1S/C14H16N4O2S2/c1-9(15-12(20)10-6-4-3-5-7-10)8-11(19)16-13-17-14(21-2)18-22-13/h3-7,9H,8H2,1-2H3,(H,15,20)(H,16,17,18,19)/t9-/m0/s1. The number of hydrogen-bond acceptors (Lipinski definition) is 6. The van der Waals surface area contributed by atoms with Gasteiger partial charge < -0.3 is 10.6 Å². The summed E-state index contributed by atoms with van der Waals surface area (Å²) in [7, 11) is 0.